The lowest BCUT2D eigenvalue weighted by molar-refractivity contribution is 0.0914. The Balaban J connectivity index is 0.00000256. The summed E-state index contributed by atoms with van der Waals surface area (Å²) >= 11 is 0. The highest BCUT2D eigenvalue weighted by molar-refractivity contribution is 14.0. The van der Waals surface area contributed by atoms with Crippen molar-refractivity contribution in [2.45, 2.75) is 24.9 Å². The molecular formula is C24H32IN3O2. The Morgan fingerprint density at radius 1 is 1.10 bits per heavy atom. The number of methoxy groups -OCH3 is 1. The van der Waals surface area contributed by atoms with Crippen molar-refractivity contribution in [1.82, 2.24) is 10.2 Å². The van der Waals surface area contributed by atoms with Gasteiger partial charge in [-0.1, -0.05) is 42.5 Å². The van der Waals surface area contributed by atoms with Crippen LogP contribution in [0, 0.1) is 5.92 Å². The van der Waals surface area contributed by atoms with E-state index in [1.165, 1.54) is 11.1 Å². The zero-order valence-corrected chi connectivity index (χ0v) is 20.1. The van der Waals surface area contributed by atoms with Gasteiger partial charge in [-0.25, -0.2) is 0 Å². The van der Waals surface area contributed by atoms with E-state index < -0.39 is 0 Å². The third kappa shape index (κ3) is 5.27. The Morgan fingerprint density at radius 2 is 1.87 bits per heavy atom. The SMILES string of the molecule is CN=C(NCC1CCOC1c1ccccc1)N1CCC(c2ccc(OC)cc2)C1.I. The Hall–Kier alpha value is -1.80. The van der Waals surface area contributed by atoms with E-state index in [0.717, 1.165) is 50.8 Å². The molecule has 0 amide bonds. The van der Waals surface area contributed by atoms with E-state index in [1.54, 1.807) is 7.11 Å². The van der Waals surface area contributed by atoms with E-state index in [0.29, 0.717) is 11.8 Å². The van der Waals surface area contributed by atoms with E-state index in [4.69, 9.17) is 9.47 Å². The molecule has 0 saturated carbocycles. The lowest BCUT2D eigenvalue weighted by atomic mass is 9.95. The van der Waals surface area contributed by atoms with Gasteiger partial charge in [-0.05, 0) is 36.1 Å². The fourth-order valence-electron chi connectivity index (χ4n) is 4.51. The minimum absolute atomic E-state index is 0. The number of aliphatic imine (C=N–C) groups is 1. The van der Waals surface area contributed by atoms with Gasteiger partial charge in [0.25, 0.3) is 0 Å². The predicted octanol–water partition coefficient (Wildman–Crippen LogP) is 4.46. The number of benzene rings is 2. The second-order valence-electron chi connectivity index (χ2n) is 7.88. The second kappa shape index (κ2) is 11.0. The highest BCUT2D eigenvalue weighted by atomic mass is 127. The van der Waals surface area contributed by atoms with Crippen molar-refractivity contribution in [3.63, 3.8) is 0 Å². The molecule has 1 N–H and O–H groups in total. The predicted molar refractivity (Wildman–Crippen MR) is 132 cm³/mol. The van der Waals surface area contributed by atoms with Crippen molar-refractivity contribution >= 4 is 29.9 Å². The molecule has 4 rings (SSSR count). The van der Waals surface area contributed by atoms with E-state index in [-0.39, 0.29) is 30.1 Å². The standard InChI is InChI=1S/C24H31N3O2.HI/c1-25-24(26-16-20-13-15-29-23(20)19-6-4-3-5-7-19)27-14-12-21(17-27)18-8-10-22(28-2)11-9-18;/h3-11,20-21,23H,12-17H2,1-2H3,(H,25,26);1H. The number of rotatable bonds is 5. The number of guanidine groups is 1. The molecule has 2 fully saturated rings. The number of nitrogens with zero attached hydrogens (tertiary/aromatic N) is 2. The number of likely N-dealkylation sites (tertiary alicyclic amines) is 1. The fourth-order valence-corrected chi connectivity index (χ4v) is 4.51. The van der Waals surface area contributed by atoms with Crippen molar-refractivity contribution in [2.75, 3.05) is 40.4 Å². The van der Waals surface area contributed by atoms with Crippen molar-refractivity contribution < 1.29 is 9.47 Å². The highest BCUT2D eigenvalue weighted by Gasteiger charge is 2.31. The Morgan fingerprint density at radius 3 is 2.57 bits per heavy atom. The molecule has 0 radical (unpaired) electrons. The summed E-state index contributed by atoms with van der Waals surface area (Å²) in [5.74, 6) is 2.91. The molecule has 162 valence electrons. The van der Waals surface area contributed by atoms with Crippen molar-refractivity contribution in [2.24, 2.45) is 10.9 Å². The van der Waals surface area contributed by atoms with Crippen LogP contribution in [-0.2, 0) is 4.74 Å². The molecule has 0 aliphatic carbocycles. The van der Waals surface area contributed by atoms with E-state index in [1.807, 2.05) is 7.05 Å². The maximum Gasteiger partial charge on any atom is 0.193 e. The van der Waals surface area contributed by atoms with Gasteiger partial charge in [0.1, 0.15) is 5.75 Å². The summed E-state index contributed by atoms with van der Waals surface area (Å²) in [6, 6.07) is 19.0. The first-order valence-corrected chi connectivity index (χ1v) is 10.5. The summed E-state index contributed by atoms with van der Waals surface area (Å²) in [6.07, 6.45) is 2.40. The summed E-state index contributed by atoms with van der Waals surface area (Å²) < 4.78 is 11.3. The fraction of sp³-hybridized carbons (Fsp3) is 0.458. The van der Waals surface area contributed by atoms with Crippen LogP contribution in [0.4, 0.5) is 0 Å². The maximum absolute atomic E-state index is 6.03. The minimum Gasteiger partial charge on any atom is -0.497 e. The van der Waals surface area contributed by atoms with Gasteiger partial charge in [-0.15, -0.1) is 24.0 Å². The van der Waals surface area contributed by atoms with Crippen LogP contribution < -0.4 is 10.1 Å². The van der Waals surface area contributed by atoms with Crippen LogP contribution >= 0.6 is 24.0 Å². The molecule has 2 aromatic carbocycles. The molecule has 3 atom stereocenters. The van der Waals surface area contributed by atoms with Gasteiger partial charge in [0.15, 0.2) is 5.96 Å². The molecule has 2 aliphatic rings. The molecule has 3 unspecified atom stereocenters. The third-order valence-corrected chi connectivity index (χ3v) is 6.15. The average molecular weight is 521 g/mol. The van der Waals surface area contributed by atoms with E-state index in [2.05, 4.69) is 69.8 Å². The van der Waals surface area contributed by atoms with Crippen LogP contribution in [-0.4, -0.2) is 51.3 Å². The number of halogens is 1. The highest BCUT2D eigenvalue weighted by Crippen LogP contribution is 2.34. The molecule has 0 spiro atoms. The molecule has 0 bridgehead atoms. The first-order chi connectivity index (χ1) is 14.3. The monoisotopic (exact) mass is 521 g/mol. The van der Waals surface area contributed by atoms with Crippen LogP contribution in [0.1, 0.15) is 36.0 Å². The van der Waals surface area contributed by atoms with Crippen LogP contribution in [0.25, 0.3) is 0 Å². The van der Waals surface area contributed by atoms with Gasteiger partial charge in [0.05, 0.1) is 13.2 Å². The molecule has 2 aliphatic heterocycles. The topological polar surface area (TPSA) is 46.1 Å². The Kier molecular flexibility index (Phi) is 8.39. The summed E-state index contributed by atoms with van der Waals surface area (Å²) in [6.45, 7) is 3.73. The second-order valence-corrected chi connectivity index (χ2v) is 7.88. The summed E-state index contributed by atoms with van der Waals surface area (Å²) in [7, 11) is 3.59. The summed E-state index contributed by atoms with van der Waals surface area (Å²) in [5.41, 5.74) is 2.64. The number of nitrogens with one attached hydrogen (secondary N) is 1. The van der Waals surface area contributed by atoms with Gasteiger partial charge >= 0.3 is 0 Å². The minimum atomic E-state index is 0. The van der Waals surface area contributed by atoms with Gasteiger partial charge in [0, 0.05) is 45.1 Å². The van der Waals surface area contributed by atoms with Crippen LogP contribution in [0.15, 0.2) is 59.6 Å². The van der Waals surface area contributed by atoms with Crippen molar-refractivity contribution in [3.8, 4) is 5.75 Å². The molecule has 2 saturated heterocycles. The smallest absolute Gasteiger partial charge is 0.193 e. The first-order valence-electron chi connectivity index (χ1n) is 10.5. The summed E-state index contributed by atoms with van der Waals surface area (Å²) in [5, 5.41) is 3.62. The normalized spacial score (nSPS) is 23.9. The summed E-state index contributed by atoms with van der Waals surface area (Å²) in [4.78, 5) is 6.93. The zero-order chi connectivity index (χ0) is 20.1. The van der Waals surface area contributed by atoms with Crippen molar-refractivity contribution in [3.05, 3.63) is 65.7 Å². The van der Waals surface area contributed by atoms with E-state index in [9.17, 15) is 0 Å². The quantitative estimate of drug-likeness (QED) is 0.359. The largest absolute Gasteiger partial charge is 0.497 e. The number of hydrogen-bond donors (Lipinski definition) is 1. The first kappa shape index (κ1) is 22.9. The van der Waals surface area contributed by atoms with Crippen LogP contribution in [0.3, 0.4) is 0 Å². The van der Waals surface area contributed by atoms with Crippen LogP contribution in [0.2, 0.25) is 0 Å². The number of ether oxygens (including phenoxy) is 2. The molecule has 0 aromatic heterocycles. The van der Waals surface area contributed by atoms with Crippen LogP contribution in [0.5, 0.6) is 5.75 Å². The van der Waals surface area contributed by atoms with Crippen molar-refractivity contribution in [1.29, 1.82) is 0 Å². The van der Waals surface area contributed by atoms with Gasteiger partial charge < -0.3 is 19.7 Å². The third-order valence-electron chi connectivity index (χ3n) is 6.15. The molecule has 6 heteroatoms. The molecule has 30 heavy (non-hydrogen) atoms. The lowest BCUT2D eigenvalue weighted by Crippen LogP contribution is -2.42. The molecule has 2 heterocycles. The molecular weight excluding hydrogens is 489 g/mol. The lowest BCUT2D eigenvalue weighted by Gasteiger charge is -2.25. The average Bonchev–Trinajstić information content (AvgIpc) is 3.45. The van der Waals surface area contributed by atoms with E-state index >= 15 is 0 Å². The maximum atomic E-state index is 6.03. The Bertz CT molecular complexity index is 813. The zero-order valence-electron chi connectivity index (χ0n) is 17.8. The van der Waals surface area contributed by atoms with Gasteiger partial charge in [0.2, 0.25) is 0 Å². The Labute approximate surface area is 196 Å². The van der Waals surface area contributed by atoms with Gasteiger partial charge in [-0.3, -0.25) is 4.99 Å². The molecule has 5 nitrogen and oxygen atoms in total. The van der Waals surface area contributed by atoms with Gasteiger partial charge in [-0.2, -0.15) is 0 Å². The molecule has 2 aromatic rings. The number of hydrogen-bond acceptors (Lipinski definition) is 3.